The van der Waals surface area contributed by atoms with Crippen molar-refractivity contribution in [1.82, 2.24) is 0 Å². The molecule has 0 radical (unpaired) electrons. The van der Waals surface area contributed by atoms with Gasteiger partial charge in [-0.05, 0) is 10.8 Å². The van der Waals surface area contributed by atoms with Gasteiger partial charge in [0.2, 0.25) is 0 Å². The van der Waals surface area contributed by atoms with Gasteiger partial charge in [-0.1, -0.05) is 69.2 Å². The lowest BCUT2D eigenvalue weighted by atomic mass is 9.81. The lowest BCUT2D eigenvalue weighted by molar-refractivity contribution is 0.290. The molecule has 0 aromatic rings. The summed E-state index contributed by atoms with van der Waals surface area (Å²) in [7, 11) is 0. The van der Waals surface area contributed by atoms with Gasteiger partial charge in [-0.2, -0.15) is 0 Å². The van der Waals surface area contributed by atoms with Crippen LogP contribution in [0.25, 0.3) is 0 Å². The molecule has 0 bridgehead atoms. The van der Waals surface area contributed by atoms with E-state index in [-0.39, 0.29) is 0 Å². The molecular formula is C14H30S. The van der Waals surface area contributed by atoms with Crippen LogP contribution in [-0.4, -0.2) is 9.49 Å². The quantitative estimate of drug-likeness (QED) is 0.614. The van der Waals surface area contributed by atoms with Crippen LogP contribution in [0, 0.1) is 10.8 Å². The van der Waals surface area contributed by atoms with Crippen molar-refractivity contribution in [1.29, 1.82) is 0 Å². The van der Waals surface area contributed by atoms with Crippen LogP contribution in [0.4, 0.5) is 0 Å². The molecule has 0 unspecified atom stereocenters. The van der Waals surface area contributed by atoms with Gasteiger partial charge in [0.1, 0.15) is 0 Å². The molecule has 1 heteroatoms. The van der Waals surface area contributed by atoms with Gasteiger partial charge < -0.3 is 0 Å². The topological polar surface area (TPSA) is 0 Å². The Morgan fingerprint density at radius 2 is 0.667 bits per heavy atom. The highest BCUT2D eigenvalue weighted by Crippen LogP contribution is 2.52. The summed E-state index contributed by atoms with van der Waals surface area (Å²) in [5, 5.41) is 0. The van der Waals surface area contributed by atoms with E-state index in [1.165, 1.54) is 0 Å². The standard InChI is InChI=1S/C14H30S/c1-11(2,3)13(7,8)15-14(9,10)12(4,5)6/h1-10H3. The molecule has 0 heterocycles. The molecule has 0 saturated carbocycles. The summed E-state index contributed by atoms with van der Waals surface area (Å²) in [4.78, 5) is 0. The van der Waals surface area contributed by atoms with Crippen molar-refractivity contribution in [2.24, 2.45) is 10.8 Å². The molecule has 0 aliphatic rings. The SMILES string of the molecule is CC(C)(C)C(C)(C)SC(C)(C)C(C)(C)C. The molecular weight excluding hydrogens is 200 g/mol. The minimum absolute atomic E-state index is 0.295. The molecule has 0 aliphatic carbocycles. The molecule has 0 aromatic heterocycles. The molecule has 0 fully saturated rings. The van der Waals surface area contributed by atoms with Crippen LogP contribution in [0.1, 0.15) is 69.2 Å². The van der Waals surface area contributed by atoms with Crippen LogP contribution in [0.5, 0.6) is 0 Å². The van der Waals surface area contributed by atoms with Gasteiger partial charge in [0.25, 0.3) is 0 Å². The Morgan fingerprint density at radius 3 is 0.800 bits per heavy atom. The van der Waals surface area contributed by atoms with Crippen LogP contribution >= 0.6 is 11.8 Å². The average molecular weight is 230 g/mol. The summed E-state index contributed by atoms with van der Waals surface area (Å²) in [6.45, 7) is 23.5. The summed E-state index contributed by atoms with van der Waals surface area (Å²) in [5.41, 5.74) is 0.667. The second kappa shape index (κ2) is 3.98. The van der Waals surface area contributed by atoms with E-state index in [2.05, 4.69) is 81.0 Å². The fourth-order valence-electron chi connectivity index (χ4n) is 0.944. The van der Waals surface area contributed by atoms with Gasteiger partial charge in [-0.25, -0.2) is 0 Å². The zero-order valence-corrected chi connectivity index (χ0v) is 13.2. The summed E-state index contributed by atoms with van der Waals surface area (Å²) >= 11 is 2.12. The zero-order valence-electron chi connectivity index (χ0n) is 12.4. The maximum atomic E-state index is 2.37. The monoisotopic (exact) mass is 230 g/mol. The lowest BCUT2D eigenvalue weighted by Crippen LogP contribution is -2.43. The maximum Gasteiger partial charge on any atom is 0.0157 e. The smallest absolute Gasteiger partial charge is 0.0157 e. The molecule has 0 spiro atoms. The number of thioether (sulfide) groups is 1. The minimum atomic E-state index is 0.295. The van der Waals surface area contributed by atoms with E-state index in [0.717, 1.165) is 0 Å². The maximum absolute atomic E-state index is 2.37. The summed E-state index contributed by atoms with van der Waals surface area (Å²) in [6, 6.07) is 0. The Kier molecular flexibility index (Phi) is 4.07. The van der Waals surface area contributed by atoms with Gasteiger partial charge in [-0.15, -0.1) is 11.8 Å². The molecule has 15 heavy (non-hydrogen) atoms. The fraction of sp³-hybridized carbons (Fsp3) is 1.00. The first-order chi connectivity index (χ1) is 6.21. The van der Waals surface area contributed by atoms with Crippen LogP contribution < -0.4 is 0 Å². The normalized spacial score (nSPS) is 15.6. The van der Waals surface area contributed by atoms with Crippen molar-refractivity contribution < 1.29 is 0 Å². The summed E-state index contributed by atoms with van der Waals surface area (Å²) in [5.74, 6) is 0. The molecule has 0 N–H and O–H groups in total. The third-order valence-electron chi connectivity index (χ3n) is 4.12. The highest BCUT2D eigenvalue weighted by atomic mass is 32.2. The second-order valence-corrected chi connectivity index (χ2v) is 9.87. The first-order valence-corrected chi connectivity index (χ1v) is 6.72. The van der Waals surface area contributed by atoms with E-state index in [1.54, 1.807) is 0 Å². The van der Waals surface area contributed by atoms with Gasteiger partial charge >= 0.3 is 0 Å². The summed E-state index contributed by atoms with van der Waals surface area (Å²) < 4.78 is 0.591. The molecule has 92 valence electrons. The van der Waals surface area contributed by atoms with E-state index in [1.807, 2.05) is 0 Å². The van der Waals surface area contributed by atoms with Crippen LogP contribution in [0.2, 0.25) is 0 Å². The molecule has 0 aromatic carbocycles. The Hall–Kier alpha value is 0.350. The third-order valence-corrected chi connectivity index (χ3v) is 6.37. The molecule has 0 nitrogen and oxygen atoms in total. The van der Waals surface area contributed by atoms with E-state index in [9.17, 15) is 0 Å². The predicted octanol–water partition coefficient (Wildman–Crippen LogP) is 5.37. The Labute approximate surface area is 102 Å². The number of rotatable bonds is 2. The molecule has 0 rings (SSSR count). The fourth-order valence-corrected chi connectivity index (χ4v) is 2.83. The highest BCUT2D eigenvalue weighted by molar-refractivity contribution is 8.02. The van der Waals surface area contributed by atoms with Crippen molar-refractivity contribution in [2.75, 3.05) is 0 Å². The first-order valence-electron chi connectivity index (χ1n) is 5.91. The largest absolute Gasteiger partial charge is 0.148 e. The second-order valence-electron chi connectivity index (χ2n) is 7.62. The highest BCUT2D eigenvalue weighted by Gasteiger charge is 2.43. The zero-order chi connectivity index (χ0) is 12.7. The van der Waals surface area contributed by atoms with Crippen molar-refractivity contribution in [2.45, 2.75) is 78.7 Å². The minimum Gasteiger partial charge on any atom is -0.148 e. The van der Waals surface area contributed by atoms with Crippen LogP contribution in [-0.2, 0) is 0 Å². The Balaban J connectivity index is 4.89. The first kappa shape index (κ1) is 15.3. The van der Waals surface area contributed by atoms with Gasteiger partial charge in [0.15, 0.2) is 0 Å². The van der Waals surface area contributed by atoms with Gasteiger partial charge in [0.05, 0.1) is 0 Å². The van der Waals surface area contributed by atoms with E-state index >= 15 is 0 Å². The Bertz CT molecular complexity index is 186. The molecule has 0 amide bonds. The lowest BCUT2D eigenvalue weighted by Gasteiger charge is -2.48. The van der Waals surface area contributed by atoms with Gasteiger partial charge in [0, 0.05) is 9.49 Å². The van der Waals surface area contributed by atoms with Gasteiger partial charge in [-0.3, -0.25) is 0 Å². The van der Waals surface area contributed by atoms with E-state index in [4.69, 9.17) is 0 Å². The Morgan fingerprint density at radius 1 is 0.467 bits per heavy atom. The number of hydrogen-bond donors (Lipinski definition) is 0. The number of hydrogen-bond acceptors (Lipinski definition) is 1. The van der Waals surface area contributed by atoms with E-state index < -0.39 is 0 Å². The van der Waals surface area contributed by atoms with Crippen molar-refractivity contribution in [3.05, 3.63) is 0 Å². The third kappa shape index (κ3) is 3.69. The van der Waals surface area contributed by atoms with Crippen molar-refractivity contribution in [3.63, 3.8) is 0 Å². The molecule has 0 saturated heterocycles. The predicted molar refractivity (Wildman–Crippen MR) is 74.7 cm³/mol. The molecule has 0 aliphatic heterocycles. The molecule has 0 atom stereocenters. The average Bonchev–Trinajstić information content (AvgIpc) is 1.77. The van der Waals surface area contributed by atoms with Crippen LogP contribution in [0.15, 0.2) is 0 Å². The van der Waals surface area contributed by atoms with E-state index in [0.29, 0.717) is 20.3 Å². The van der Waals surface area contributed by atoms with Crippen LogP contribution in [0.3, 0.4) is 0 Å². The summed E-state index contributed by atoms with van der Waals surface area (Å²) in [6.07, 6.45) is 0. The van der Waals surface area contributed by atoms with Crippen molar-refractivity contribution >= 4 is 11.8 Å². The van der Waals surface area contributed by atoms with Crippen molar-refractivity contribution in [3.8, 4) is 0 Å².